The fourth-order valence-corrected chi connectivity index (χ4v) is 2.13. The first kappa shape index (κ1) is 14.3. The van der Waals surface area contributed by atoms with Gasteiger partial charge in [0.2, 0.25) is 0 Å². The van der Waals surface area contributed by atoms with Crippen LogP contribution in [0.3, 0.4) is 0 Å². The van der Waals surface area contributed by atoms with Gasteiger partial charge in [0.15, 0.2) is 5.84 Å². The predicted molar refractivity (Wildman–Crippen MR) is 72.7 cm³/mol. The van der Waals surface area contributed by atoms with Crippen LogP contribution in [0.25, 0.3) is 0 Å². The zero-order valence-electron chi connectivity index (χ0n) is 11.2. The van der Waals surface area contributed by atoms with Gasteiger partial charge in [-0.1, -0.05) is 5.16 Å². The lowest BCUT2D eigenvalue weighted by Crippen LogP contribution is -2.41. The van der Waals surface area contributed by atoms with Crippen molar-refractivity contribution in [2.24, 2.45) is 10.9 Å². The van der Waals surface area contributed by atoms with Gasteiger partial charge in [0.25, 0.3) is 5.91 Å². The highest BCUT2D eigenvalue weighted by molar-refractivity contribution is 5.98. The van der Waals surface area contributed by atoms with Gasteiger partial charge in [-0.05, 0) is 31.9 Å². The molecule has 0 bridgehead atoms. The number of carbonyl (C=O) groups is 1. The summed E-state index contributed by atoms with van der Waals surface area (Å²) in [6, 6.07) is 3.24. The van der Waals surface area contributed by atoms with Gasteiger partial charge in [-0.15, -0.1) is 0 Å². The average molecular weight is 278 g/mol. The number of rotatable bonds is 3. The Bertz CT molecular complexity index is 501. The van der Waals surface area contributed by atoms with E-state index in [9.17, 15) is 4.79 Å². The second-order valence-electron chi connectivity index (χ2n) is 4.79. The van der Waals surface area contributed by atoms with Crippen LogP contribution in [0.2, 0.25) is 0 Å². The van der Waals surface area contributed by atoms with Crippen LogP contribution in [-0.2, 0) is 4.74 Å². The van der Waals surface area contributed by atoms with Crippen molar-refractivity contribution in [3.05, 3.63) is 29.6 Å². The Labute approximate surface area is 116 Å². The van der Waals surface area contributed by atoms with Crippen LogP contribution in [-0.4, -0.2) is 40.7 Å². The lowest BCUT2D eigenvalue weighted by Gasteiger charge is -2.27. The summed E-state index contributed by atoms with van der Waals surface area (Å²) < 4.78 is 5.43. The first-order valence-electron chi connectivity index (χ1n) is 6.46. The molecule has 1 amide bonds. The fraction of sp³-hybridized carbons (Fsp3) is 0.462. The smallest absolute Gasteiger partial charge is 0.270 e. The maximum Gasteiger partial charge on any atom is 0.270 e. The van der Waals surface area contributed by atoms with E-state index in [0.29, 0.717) is 17.9 Å². The van der Waals surface area contributed by atoms with Crippen molar-refractivity contribution in [2.75, 3.05) is 6.61 Å². The van der Waals surface area contributed by atoms with Crippen molar-refractivity contribution in [3.63, 3.8) is 0 Å². The lowest BCUT2D eigenvalue weighted by atomic mass is 10.0. The summed E-state index contributed by atoms with van der Waals surface area (Å²) in [5.74, 6) is -0.266. The van der Waals surface area contributed by atoms with Gasteiger partial charge < -0.3 is 21.0 Å². The minimum atomic E-state index is -0.227. The summed E-state index contributed by atoms with van der Waals surface area (Å²) in [6.45, 7) is 2.64. The van der Waals surface area contributed by atoms with Crippen LogP contribution < -0.4 is 11.1 Å². The molecule has 2 rings (SSSR count). The second-order valence-corrected chi connectivity index (χ2v) is 4.79. The largest absolute Gasteiger partial charge is 0.409 e. The Morgan fingerprint density at radius 2 is 2.40 bits per heavy atom. The van der Waals surface area contributed by atoms with Crippen molar-refractivity contribution in [2.45, 2.75) is 31.9 Å². The van der Waals surface area contributed by atoms with Gasteiger partial charge in [0.1, 0.15) is 5.69 Å². The van der Waals surface area contributed by atoms with Gasteiger partial charge in [-0.3, -0.25) is 9.78 Å². The molecule has 20 heavy (non-hydrogen) atoms. The SMILES string of the molecule is CC1CC(NC(=O)c2ccc(/C(N)=N/O)cn2)CCO1. The Morgan fingerprint density at radius 3 is 3.00 bits per heavy atom. The van der Waals surface area contributed by atoms with E-state index < -0.39 is 0 Å². The third-order valence-electron chi connectivity index (χ3n) is 3.22. The highest BCUT2D eigenvalue weighted by Gasteiger charge is 2.21. The molecule has 1 aliphatic heterocycles. The molecule has 2 atom stereocenters. The molecule has 1 aromatic heterocycles. The number of nitrogens with two attached hydrogens (primary N) is 1. The molecule has 0 radical (unpaired) electrons. The minimum absolute atomic E-state index is 0.0392. The number of nitrogens with one attached hydrogen (secondary N) is 1. The highest BCUT2D eigenvalue weighted by Crippen LogP contribution is 2.13. The number of pyridine rings is 1. The van der Waals surface area contributed by atoms with E-state index in [1.807, 2.05) is 6.92 Å². The number of carbonyl (C=O) groups excluding carboxylic acids is 1. The van der Waals surface area contributed by atoms with E-state index in [1.54, 1.807) is 12.1 Å². The average Bonchev–Trinajstić information content (AvgIpc) is 2.46. The van der Waals surface area contributed by atoms with Crippen LogP contribution in [0.5, 0.6) is 0 Å². The molecule has 0 spiro atoms. The number of hydrogen-bond acceptors (Lipinski definition) is 5. The van der Waals surface area contributed by atoms with Crippen LogP contribution in [0.4, 0.5) is 0 Å². The predicted octanol–water partition coefficient (Wildman–Crippen LogP) is 0.473. The third kappa shape index (κ3) is 3.45. The molecule has 7 nitrogen and oxygen atoms in total. The molecule has 2 heterocycles. The number of nitrogens with zero attached hydrogens (tertiary/aromatic N) is 2. The van der Waals surface area contributed by atoms with Crippen molar-refractivity contribution in [3.8, 4) is 0 Å². The Morgan fingerprint density at radius 1 is 1.60 bits per heavy atom. The second kappa shape index (κ2) is 6.33. The molecular weight excluding hydrogens is 260 g/mol. The van der Waals surface area contributed by atoms with E-state index in [4.69, 9.17) is 15.7 Å². The molecule has 2 unspecified atom stereocenters. The summed E-state index contributed by atoms with van der Waals surface area (Å²) in [5.41, 5.74) is 6.20. The zero-order chi connectivity index (χ0) is 14.5. The third-order valence-corrected chi connectivity index (χ3v) is 3.22. The number of aromatic nitrogens is 1. The number of ether oxygens (including phenoxy) is 1. The van der Waals surface area contributed by atoms with Crippen molar-refractivity contribution >= 4 is 11.7 Å². The zero-order valence-corrected chi connectivity index (χ0v) is 11.2. The monoisotopic (exact) mass is 278 g/mol. The van der Waals surface area contributed by atoms with Crippen LogP contribution in [0.15, 0.2) is 23.5 Å². The van der Waals surface area contributed by atoms with E-state index in [2.05, 4.69) is 15.5 Å². The molecule has 1 saturated heterocycles. The molecule has 4 N–H and O–H groups in total. The standard InChI is InChI=1S/C13H18N4O3/c1-8-6-10(4-5-20-8)16-13(18)11-3-2-9(7-15-11)12(14)17-19/h2-3,7-8,10,19H,4-6H2,1H3,(H2,14,17)(H,16,18). The summed E-state index contributed by atoms with van der Waals surface area (Å²) in [6.07, 6.45) is 3.16. The summed E-state index contributed by atoms with van der Waals surface area (Å²) in [4.78, 5) is 16.1. The van der Waals surface area contributed by atoms with E-state index in [1.165, 1.54) is 6.20 Å². The molecule has 1 aromatic rings. The quantitative estimate of drug-likeness (QED) is 0.322. The first-order chi connectivity index (χ1) is 9.60. The Balaban J connectivity index is 1.98. The highest BCUT2D eigenvalue weighted by atomic mass is 16.5. The van der Waals surface area contributed by atoms with Crippen molar-refractivity contribution < 1.29 is 14.7 Å². The molecule has 1 fully saturated rings. The molecule has 7 heteroatoms. The van der Waals surface area contributed by atoms with Crippen molar-refractivity contribution in [1.82, 2.24) is 10.3 Å². The summed E-state index contributed by atoms with van der Waals surface area (Å²) >= 11 is 0. The minimum Gasteiger partial charge on any atom is -0.409 e. The van der Waals surface area contributed by atoms with E-state index >= 15 is 0 Å². The van der Waals surface area contributed by atoms with Gasteiger partial charge in [0.05, 0.1) is 6.10 Å². The summed E-state index contributed by atoms with van der Waals surface area (Å²) in [7, 11) is 0. The van der Waals surface area contributed by atoms with Gasteiger partial charge in [-0.25, -0.2) is 0 Å². The molecule has 108 valence electrons. The first-order valence-corrected chi connectivity index (χ1v) is 6.46. The topological polar surface area (TPSA) is 110 Å². The Hall–Kier alpha value is -2.15. The van der Waals surface area contributed by atoms with Crippen molar-refractivity contribution in [1.29, 1.82) is 0 Å². The fourth-order valence-electron chi connectivity index (χ4n) is 2.13. The van der Waals surface area contributed by atoms with Gasteiger partial charge >= 0.3 is 0 Å². The maximum atomic E-state index is 12.0. The van der Waals surface area contributed by atoms with Gasteiger partial charge in [0, 0.05) is 24.4 Å². The lowest BCUT2D eigenvalue weighted by molar-refractivity contribution is 0.0136. The number of hydrogen-bond donors (Lipinski definition) is 3. The summed E-state index contributed by atoms with van der Waals surface area (Å²) in [5, 5.41) is 14.4. The normalized spacial score (nSPS) is 23.4. The van der Waals surface area contributed by atoms with Crippen LogP contribution in [0.1, 0.15) is 35.8 Å². The van der Waals surface area contributed by atoms with E-state index in [-0.39, 0.29) is 23.9 Å². The van der Waals surface area contributed by atoms with Gasteiger partial charge in [-0.2, -0.15) is 0 Å². The number of amides is 1. The molecule has 0 aliphatic carbocycles. The molecule has 1 aliphatic rings. The maximum absolute atomic E-state index is 12.0. The molecule has 0 aromatic carbocycles. The van der Waals surface area contributed by atoms with E-state index in [0.717, 1.165) is 12.8 Å². The molecular formula is C13H18N4O3. The number of oxime groups is 1. The van der Waals surface area contributed by atoms with Crippen LogP contribution >= 0.6 is 0 Å². The Kier molecular flexibility index (Phi) is 4.52. The number of amidine groups is 1. The van der Waals surface area contributed by atoms with Crippen LogP contribution in [0, 0.1) is 0 Å². The molecule has 0 saturated carbocycles.